The van der Waals surface area contributed by atoms with Crippen LogP contribution in [0.4, 0.5) is 13.2 Å². The van der Waals surface area contributed by atoms with E-state index in [1.807, 2.05) is 6.07 Å². The smallest absolute Gasteiger partial charge is 0.272 e. The maximum absolute atomic E-state index is 13.9. The van der Waals surface area contributed by atoms with Gasteiger partial charge in [-0.1, -0.05) is 12.1 Å². The molecular formula is C27H29F3N2O5. The number of benzene rings is 1. The lowest BCUT2D eigenvalue weighted by atomic mass is 9.50. The van der Waals surface area contributed by atoms with Gasteiger partial charge in [-0.2, -0.15) is 0 Å². The molecule has 1 aromatic heterocycles. The highest BCUT2D eigenvalue weighted by atomic mass is 19.3. The third kappa shape index (κ3) is 4.33. The summed E-state index contributed by atoms with van der Waals surface area (Å²) in [5, 5.41) is 0. The van der Waals surface area contributed by atoms with Gasteiger partial charge in [0.05, 0.1) is 20.3 Å². The minimum atomic E-state index is -2.51. The Bertz CT molecular complexity index is 1190. The summed E-state index contributed by atoms with van der Waals surface area (Å²) in [7, 11) is 1.45. The number of aromatic nitrogens is 1. The van der Waals surface area contributed by atoms with Gasteiger partial charge in [-0.15, -0.1) is 0 Å². The summed E-state index contributed by atoms with van der Waals surface area (Å²) in [5.41, 5.74) is -0.0882. The normalized spacial score (nSPS) is 27.8. The molecule has 198 valence electrons. The molecule has 2 saturated carbocycles. The third-order valence-corrected chi connectivity index (χ3v) is 8.27. The highest BCUT2D eigenvalue weighted by molar-refractivity contribution is 5.92. The van der Waals surface area contributed by atoms with Gasteiger partial charge in [-0.3, -0.25) is 4.79 Å². The van der Waals surface area contributed by atoms with Gasteiger partial charge in [0.1, 0.15) is 30.0 Å². The Hall–Kier alpha value is -2.85. The molecule has 10 heteroatoms. The number of carbonyl (C=O) groups excluding carboxylic acids is 1. The number of methoxy groups -OCH3 is 1. The first kappa shape index (κ1) is 24.5. The van der Waals surface area contributed by atoms with Crippen molar-refractivity contribution in [1.29, 1.82) is 0 Å². The van der Waals surface area contributed by atoms with Gasteiger partial charge in [0.25, 0.3) is 11.8 Å². The molecule has 0 bridgehead atoms. The van der Waals surface area contributed by atoms with Gasteiger partial charge in [0.2, 0.25) is 5.92 Å². The van der Waals surface area contributed by atoms with Crippen LogP contribution in [0.1, 0.15) is 48.2 Å². The molecule has 7 nitrogen and oxygen atoms in total. The Morgan fingerprint density at radius 3 is 2.76 bits per heavy atom. The maximum atomic E-state index is 13.9. The Labute approximate surface area is 212 Å². The van der Waals surface area contributed by atoms with E-state index in [4.69, 9.17) is 18.9 Å². The van der Waals surface area contributed by atoms with Crippen LogP contribution in [0.25, 0.3) is 0 Å². The summed E-state index contributed by atoms with van der Waals surface area (Å²) in [4.78, 5) is 19.3. The maximum Gasteiger partial charge on any atom is 0.272 e. The molecule has 4 aliphatic rings. The monoisotopic (exact) mass is 518 g/mol. The number of rotatable bonds is 6. The van der Waals surface area contributed by atoms with E-state index >= 15 is 0 Å². The van der Waals surface area contributed by atoms with E-state index in [1.165, 1.54) is 19.2 Å². The number of hydrogen-bond acceptors (Lipinski definition) is 6. The van der Waals surface area contributed by atoms with Crippen molar-refractivity contribution in [3.63, 3.8) is 0 Å². The standard InChI is InChI=1S/C27H29F3N2O5/c1-34-23-21(35-13-17-10-25(11-17)14-26(29,30)15-25)6-5-20(31-23)24(33)32-8-7-27(22(12-32)36-16-37-27)18-3-2-4-19(28)9-18/h2-6,9,17,22H,7-8,10-16H2,1H3/t22?,27-/m1/s1. The van der Waals surface area contributed by atoms with Crippen LogP contribution in [-0.2, 0) is 15.1 Å². The van der Waals surface area contributed by atoms with Crippen LogP contribution in [0.15, 0.2) is 36.4 Å². The van der Waals surface area contributed by atoms with Gasteiger partial charge < -0.3 is 23.8 Å². The van der Waals surface area contributed by atoms with Crippen molar-refractivity contribution in [2.45, 2.75) is 49.7 Å². The van der Waals surface area contributed by atoms with Gasteiger partial charge in [0.15, 0.2) is 5.75 Å². The quantitative estimate of drug-likeness (QED) is 0.559. The van der Waals surface area contributed by atoms with Crippen LogP contribution < -0.4 is 9.47 Å². The van der Waals surface area contributed by atoms with Crippen molar-refractivity contribution < 1.29 is 36.9 Å². The van der Waals surface area contributed by atoms with E-state index in [-0.39, 0.29) is 60.8 Å². The summed E-state index contributed by atoms with van der Waals surface area (Å²) < 4.78 is 63.4. The number of fused-ring (bicyclic) bond motifs is 1. The highest BCUT2D eigenvalue weighted by Gasteiger charge is 2.61. The number of halogens is 3. The van der Waals surface area contributed by atoms with E-state index < -0.39 is 17.6 Å². The zero-order valence-electron chi connectivity index (χ0n) is 20.6. The summed E-state index contributed by atoms with van der Waals surface area (Å²) in [6, 6.07) is 9.54. The van der Waals surface area contributed by atoms with Crippen LogP contribution in [-0.4, -0.2) is 61.4 Å². The largest absolute Gasteiger partial charge is 0.488 e. The lowest BCUT2D eigenvalue weighted by Gasteiger charge is -2.57. The molecule has 2 saturated heterocycles. The number of likely N-dealkylation sites (tertiary alicyclic amines) is 1. The van der Waals surface area contributed by atoms with Gasteiger partial charge in [-0.05, 0) is 54.0 Å². The van der Waals surface area contributed by atoms with Crippen LogP contribution in [0.2, 0.25) is 0 Å². The third-order valence-electron chi connectivity index (χ3n) is 8.27. The van der Waals surface area contributed by atoms with Crippen molar-refractivity contribution in [2.24, 2.45) is 11.3 Å². The number of nitrogens with zero attached hydrogens (tertiary/aromatic N) is 2. The van der Waals surface area contributed by atoms with E-state index in [0.717, 1.165) is 12.8 Å². The second-order valence-corrected chi connectivity index (χ2v) is 10.8. The lowest BCUT2D eigenvalue weighted by molar-refractivity contribution is -0.209. The average molecular weight is 519 g/mol. The molecule has 2 aliphatic heterocycles. The number of alkyl halides is 2. The Balaban J connectivity index is 1.09. The second kappa shape index (κ2) is 8.87. The molecule has 3 heterocycles. The minimum absolute atomic E-state index is 0.0178. The van der Waals surface area contributed by atoms with Gasteiger partial charge >= 0.3 is 0 Å². The highest BCUT2D eigenvalue weighted by Crippen LogP contribution is 2.64. The molecular weight excluding hydrogens is 489 g/mol. The number of carbonyl (C=O) groups is 1. The van der Waals surface area contributed by atoms with E-state index in [1.54, 1.807) is 23.1 Å². The van der Waals surface area contributed by atoms with Crippen LogP contribution in [0.3, 0.4) is 0 Å². The molecule has 0 radical (unpaired) electrons. The van der Waals surface area contributed by atoms with Crippen LogP contribution >= 0.6 is 0 Å². The molecule has 37 heavy (non-hydrogen) atoms. The molecule has 4 fully saturated rings. The number of pyridine rings is 1. The summed E-state index contributed by atoms with van der Waals surface area (Å²) >= 11 is 0. The average Bonchev–Trinajstić information content (AvgIpc) is 3.28. The molecule has 2 aliphatic carbocycles. The Kier molecular flexibility index (Phi) is 5.87. The van der Waals surface area contributed by atoms with Gasteiger partial charge in [-0.25, -0.2) is 18.2 Å². The lowest BCUT2D eigenvalue weighted by Crippen LogP contribution is -2.54. The summed E-state index contributed by atoms with van der Waals surface area (Å²) in [5.74, 6) is -2.30. The van der Waals surface area contributed by atoms with Crippen molar-refractivity contribution >= 4 is 5.91 Å². The van der Waals surface area contributed by atoms with Crippen molar-refractivity contribution in [3.05, 3.63) is 53.5 Å². The molecule has 1 unspecified atom stereocenters. The molecule has 2 atom stereocenters. The molecule has 1 spiro atoms. The fourth-order valence-electron chi connectivity index (χ4n) is 6.61. The number of ether oxygens (including phenoxy) is 4. The fraction of sp³-hybridized carbons (Fsp3) is 0.556. The Morgan fingerprint density at radius 1 is 1.22 bits per heavy atom. The Morgan fingerprint density at radius 2 is 2.03 bits per heavy atom. The number of amides is 1. The van der Waals surface area contributed by atoms with E-state index in [0.29, 0.717) is 30.9 Å². The topological polar surface area (TPSA) is 70.1 Å². The fourth-order valence-corrected chi connectivity index (χ4v) is 6.61. The number of piperidine rings is 1. The first-order valence-corrected chi connectivity index (χ1v) is 12.6. The molecule has 0 N–H and O–H groups in total. The summed E-state index contributed by atoms with van der Waals surface area (Å²) in [6.07, 6.45) is 1.48. The molecule has 1 amide bonds. The predicted molar refractivity (Wildman–Crippen MR) is 125 cm³/mol. The molecule has 2 aromatic rings. The van der Waals surface area contributed by atoms with Crippen LogP contribution in [0.5, 0.6) is 11.6 Å². The van der Waals surface area contributed by atoms with Crippen molar-refractivity contribution in [2.75, 3.05) is 33.6 Å². The molecule has 6 rings (SSSR count). The summed E-state index contributed by atoms with van der Waals surface area (Å²) in [6.45, 7) is 1.14. The minimum Gasteiger partial charge on any atom is -0.488 e. The first-order chi connectivity index (χ1) is 17.7. The van der Waals surface area contributed by atoms with Crippen molar-refractivity contribution in [3.8, 4) is 11.6 Å². The van der Waals surface area contributed by atoms with Gasteiger partial charge in [0, 0.05) is 25.8 Å². The zero-order valence-corrected chi connectivity index (χ0v) is 20.6. The molecule has 1 aromatic carbocycles. The van der Waals surface area contributed by atoms with Crippen molar-refractivity contribution in [1.82, 2.24) is 9.88 Å². The predicted octanol–water partition coefficient (Wildman–Crippen LogP) is 4.55. The van der Waals surface area contributed by atoms with E-state index in [2.05, 4.69) is 4.98 Å². The first-order valence-electron chi connectivity index (χ1n) is 12.6. The number of hydrogen-bond donors (Lipinski definition) is 0. The zero-order chi connectivity index (χ0) is 25.8. The SMILES string of the molecule is COc1nc(C(=O)N2CC[C@]3(c4cccc(F)c4)OCOC3C2)ccc1OCC1CC2(C1)CC(F)(F)C2. The van der Waals surface area contributed by atoms with E-state index in [9.17, 15) is 18.0 Å². The van der Waals surface area contributed by atoms with Crippen LogP contribution in [0, 0.1) is 17.2 Å². The second-order valence-electron chi connectivity index (χ2n) is 10.8.